The summed E-state index contributed by atoms with van der Waals surface area (Å²) in [7, 11) is 0. The number of carbonyl (C=O) groups is 1. The van der Waals surface area contributed by atoms with E-state index in [0.29, 0.717) is 18.7 Å². The predicted molar refractivity (Wildman–Crippen MR) is 118 cm³/mol. The molecule has 3 aromatic rings. The number of nitrogens with zero attached hydrogens (tertiary/aromatic N) is 3. The molecular formula is C24H28N4O2. The molecule has 2 heterocycles. The van der Waals surface area contributed by atoms with Crippen molar-refractivity contribution in [3.05, 3.63) is 77.0 Å². The zero-order valence-electron chi connectivity index (χ0n) is 17.6. The zero-order valence-corrected chi connectivity index (χ0v) is 17.6. The normalized spacial score (nSPS) is 13.1. The van der Waals surface area contributed by atoms with Crippen molar-refractivity contribution in [2.75, 3.05) is 18.1 Å². The van der Waals surface area contributed by atoms with Gasteiger partial charge in [-0.15, -0.1) is 0 Å². The first-order valence-corrected chi connectivity index (χ1v) is 10.5. The molecule has 0 fully saturated rings. The largest absolute Gasteiger partial charge is 0.494 e. The molecule has 0 radical (unpaired) electrons. The van der Waals surface area contributed by atoms with Gasteiger partial charge >= 0.3 is 0 Å². The van der Waals surface area contributed by atoms with Crippen LogP contribution in [0.25, 0.3) is 0 Å². The van der Waals surface area contributed by atoms with Gasteiger partial charge in [0, 0.05) is 37.8 Å². The van der Waals surface area contributed by atoms with Gasteiger partial charge in [-0.3, -0.25) is 4.79 Å². The maximum absolute atomic E-state index is 12.5. The number of amides is 1. The fraction of sp³-hybridized carbons (Fsp3) is 0.333. The van der Waals surface area contributed by atoms with Crippen LogP contribution in [-0.2, 0) is 19.6 Å². The van der Waals surface area contributed by atoms with Crippen LogP contribution in [-0.4, -0.2) is 28.8 Å². The molecule has 0 saturated heterocycles. The second-order valence-electron chi connectivity index (χ2n) is 7.60. The number of nitrogens with one attached hydrogen (secondary N) is 1. The minimum absolute atomic E-state index is 0.0675. The number of carbonyl (C=O) groups excluding carboxylic acids is 1. The Morgan fingerprint density at radius 1 is 1.07 bits per heavy atom. The number of hydrogen-bond acceptors (Lipinski definition) is 4. The molecule has 0 spiro atoms. The third kappa shape index (κ3) is 4.64. The number of rotatable bonds is 7. The molecule has 4 rings (SSSR count). The van der Waals surface area contributed by atoms with E-state index < -0.39 is 0 Å². The molecule has 0 bridgehead atoms. The lowest BCUT2D eigenvalue weighted by Crippen LogP contribution is -2.31. The van der Waals surface area contributed by atoms with Gasteiger partial charge in [0.2, 0.25) is 0 Å². The summed E-state index contributed by atoms with van der Waals surface area (Å²) in [5.41, 5.74) is 3.95. The lowest BCUT2D eigenvalue weighted by atomic mass is 10.1. The smallest absolute Gasteiger partial charge is 0.251 e. The van der Waals surface area contributed by atoms with Gasteiger partial charge in [0.05, 0.1) is 12.3 Å². The number of anilines is 1. The van der Waals surface area contributed by atoms with Crippen molar-refractivity contribution in [1.82, 2.24) is 15.1 Å². The predicted octanol–water partition coefficient (Wildman–Crippen LogP) is 3.93. The topological polar surface area (TPSA) is 59.4 Å². The summed E-state index contributed by atoms with van der Waals surface area (Å²) in [6, 6.07) is 17.8. The van der Waals surface area contributed by atoms with E-state index in [4.69, 9.17) is 4.74 Å². The van der Waals surface area contributed by atoms with Crippen LogP contribution in [0.15, 0.2) is 54.6 Å². The van der Waals surface area contributed by atoms with E-state index in [0.717, 1.165) is 43.1 Å². The molecule has 1 N–H and O–H groups in total. The fourth-order valence-electron chi connectivity index (χ4n) is 3.77. The fourth-order valence-corrected chi connectivity index (χ4v) is 3.77. The van der Waals surface area contributed by atoms with Crippen LogP contribution >= 0.6 is 0 Å². The Labute approximate surface area is 177 Å². The van der Waals surface area contributed by atoms with E-state index in [2.05, 4.69) is 26.1 Å². The van der Waals surface area contributed by atoms with Crippen molar-refractivity contribution < 1.29 is 9.53 Å². The SMILES string of the molecule is CCOc1ccc(CNC(=O)c2ccc(CN3CCCn4nc(C)cc43)cc2)cc1. The summed E-state index contributed by atoms with van der Waals surface area (Å²) >= 11 is 0. The summed E-state index contributed by atoms with van der Waals surface area (Å²) in [5.74, 6) is 1.95. The summed E-state index contributed by atoms with van der Waals surface area (Å²) in [6.45, 7) is 7.95. The Bertz CT molecular complexity index is 993. The van der Waals surface area contributed by atoms with Crippen molar-refractivity contribution in [2.45, 2.75) is 39.9 Å². The third-order valence-electron chi connectivity index (χ3n) is 5.28. The van der Waals surface area contributed by atoms with E-state index in [1.165, 1.54) is 11.4 Å². The van der Waals surface area contributed by atoms with Gasteiger partial charge in [0.1, 0.15) is 11.6 Å². The Balaban J connectivity index is 1.33. The number of aromatic nitrogens is 2. The molecule has 1 aliphatic heterocycles. The molecule has 0 aliphatic carbocycles. The highest BCUT2D eigenvalue weighted by atomic mass is 16.5. The Morgan fingerprint density at radius 3 is 2.53 bits per heavy atom. The maximum Gasteiger partial charge on any atom is 0.251 e. The van der Waals surface area contributed by atoms with Crippen LogP contribution < -0.4 is 15.0 Å². The lowest BCUT2D eigenvalue weighted by Gasteiger charge is -2.29. The molecule has 30 heavy (non-hydrogen) atoms. The highest BCUT2D eigenvalue weighted by molar-refractivity contribution is 5.94. The standard InChI is InChI=1S/C24H28N4O2/c1-3-30-22-11-7-19(8-12-22)16-25-24(29)21-9-5-20(6-10-21)17-27-13-4-14-28-23(27)15-18(2)26-28/h5-12,15H,3-4,13-14,16-17H2,1-2H3,(H,25,29). The number of fused-ring (bicyclic) bond motifs is 1. The number of hydrogen-bond donors (Lipinski definition) is 1. The highest BCUT2D eigenvalue weighted by Gasteiger charge is 2.18. The van der Waals surface area contributed by atoms with Crippen molar-refractivity contribution in [3.8, 4) is 5.75 Å². The van der Waals surface area contributed by atoms with Crippen molar-refractivity contribution in [1.29, 1.82) is 0 Å². The van der Waals surface area contributed by atoms with Crippen molar-refractivity contribution in [2.24, 2.45) is 0 Å². The minimum Gasteiger partial charge on any atom is -0.494 e. The molecular weight excluding hydrogens is 376 g/mol. The van der Waals surface area contributed by atoms with Gasteiger partial charge in [-0.2, -0.15) is 5.10 Å². The monoisotopic (exact) mass is 404 g/mol. The molecule has 156 valence electrons. The number of benzene rings is 2. The first-order valence-electron chi connectivity index (χ1n) is 10.5. The van der Waals surface area contributed by atoms with Crippen LogP contribution in [0, 0.1) is 6.92 Å². The minimum atomic E-state index is -0.0675. The van der Waals surface area contributed by atoms with Crippen molar-refractivity contribution in [3.63, 3.8) is 0 Å². The first kappa shape index (κ1) is 20.0. The van der Waals surface area contributed by atoms with Gasteiger partial charge < -0.3 is 15.0 Å². The average molecular weight is 405 g/mol. The number of ether oxygens (including phenoxy) is 1. The van der Waals surface area contributed by atoms with Crippen LogP contribution in [0.5, 0.6) is 5.75 Å². The summed E-state index contributed by atoms with van der Waals surface area (Å²) in [6.07, 6.45) is 1.10. The Morgan fingerprint density at radius 2 is 1.80 bits per heavy atom. The summed E-state index contributed by atoms with van der Waals surface area (Å²) in [4.78, 5) is 14.8. The first-order chi connectivity index (χ1) is 14.6. The molecule has 6 heteroatoms. The van der Waals surface area contributed by atoms with E-state index >= 15 is 0 Å². The quantitative estimate of drug-likeness (QED) is 0.648. The molecule has 1 aliphatic rings. The van der Waals surface area contributed by atoms with E-state index in [1.807, 2.05) is 62.4 Å². The third-order valence-corrected chi connectivity index (χ3v) is 5.28. The second-order valence-corrected chi connectivity index (χ2v) is 7.60. The number of aryl methyl sites for hydroxylation is 2. The molecule has 0 unspecified atom stereocenters. The maximum atomic E-state index is 12.5. The van der Waals surface area contributed by atoms with Crippen LogP contribution in [0.4, 0.5) is 5.82 Å². The highest BCUT2D eigenvalue weighted by Crippen LogP contribution is 2.23. The van der Waals surface area contributed by atoms with Gasteiger partial charge in [0.25, 0.3) is 5.91 Å². The van der Waals surface area contributed by atoms with Crippen molar-refractivity contribution >= 4 is 11.7 Å². The van der Waals surface area contributed by atoms with E-state index in [1.54, 1.807) is 0 Å². The summed E-state index contributed by atoms with van der Waals surface area (Å²) < 4.78 is 7.53. The van der Waals surface area contributed by atoms with Gasteiger partial charge in [-0.1, -0.05) is 24.3 Å². The van der Waals surface area contributed by atoms with Gasteiger partial charge in [-0.25, -0.2) is 4.68 Å². The van der Waals surface area contributed by atoms with Crippen LogP contribution in [0.2, 0.25) is 0 Å². The van der Waals surface area contributed by atoms with E-state index in [-0.39, 0.29) is 5.91 Å². The van der Waals surface area contributed by atoms with Crippen LogP contribution in [0.1, 0.15) is 40.5 Å². The molecule has 2 aromatic carbocycles. The molecule has 0 atom stereocenters. The van der Waals surface area contributed by atoms with E-state index in [9.17, 15) is 4.79 Å². The van der Waals surface area contributed by atoms with Crippen LogP contribution in [0.3, 0.4) is 0 Å². The van der Waals surface area contributed by atoms with Gasteiger partial charge in [-0.05, 0) is 55.7 Å². The Hall–Kier alpha value is -3.28. The average Bonchev–Trinajstić information content (AvgIpc) is 3.15. The second kappa shape index (κ2) is 9.03. The lowest BCUT2D eigenvalue weighted by molar-refractivity contribution is 0.0951. The molecule has 0 saturated carbocycles. The summed E-state index contributed by atoms with van der Waals surface area (Å²) in [5, 5.41) is 7.54. The molecule has 6 nitrogen and oxygen atoms in total. The zero-order chi connectivity index (χ0) is 20.9. The van der Waals surface area contributed by atoms with Gasteiger partial charge in [0.15, 0.2) is 0 Å². The molecule has 1 amide bonds. The molecule has 1 aromatic heterocycles. The Kier molecular flexibility index (Phi) is 6.02.